The van der Waals surface area contributed by atoms with E-state index in [1.54, 1.807) is 37.3 Å². The van der Waals surface area contributed by atoms with Crippen LogP contribution in [0.5, 0.6) is 0 Å². The summed E-state index contributed by atoms with van der Waals surface area (Å²) in [6, 6.07) is 12.4. The highest BCUT2D eigenvalue weighted by Gasteiger charge is 2.52. The lowest BCUT2D eigenvalue weighted by Crippen LogP contribution is -2.28. The number of amides is 1. The Balaban J connectivity index is 1.80. The van der Waals surface area contributed by atoms with Crippen molar-refractivity contribution >= 4 is 21.4 Å². The van der Waals surface area contributed by atoms with Gasteiger partial charge in [0, 0.05) is 11.3 Å². The first-order valence-electron chi connectivity index (χ1n) is 7.78. The maximum Gasteiger partial charge on any atom is 0.235 e. The molecule has 1 aliphatic carbocycles. The number of carbonyl (C=O) groups is 1. The minimum Gasteiger partial charge on any atom is -0.325 e. The highest BCUT2D eigenvalue weighted by molar-refractivity contribution is 7.91. The van der Waals surface area contributed by atoms with Crippen LogP contribution in [0, 0.1) is 5.82 Å². The van der Waals surface area contributed by atoms with Gasteiger partial charge in [-0.05, 0) is 43.2 Å². The van der Waals surface area contributed by atoms with E-state index in [9.17, 15) is 17.6 Å². The maximum absolute atomic E-state index is 14.0. The van der Waals surface area contributed by atoms with Gasteiger partial charge in [-0.1, -0.05) is 25.1 Å². The van der Waals surface area contributed by atoms with Crippen molar-refractivity contribution in [1.82, 2.24) is 0 Å². The number of nitrogens with one attached hydrogen (secondary N) is 1. The Morgan fingerprint density at radius 1 is 1.12 bits per heavy atom. The fourth-order valence-electron chi connectivity index (χ4n) is 2.76. The van der Waals surface area contributed by atoms with Crippen LogP contribution < -0.4 is 5.32 Å². The van der Waals surface area contributed by atoms with Crippen molar-refractivity contribution in [2.75, 3.05) is 11.1 Å². The Morgan fingerprint density at radius 3 is 2.29 bits per heavy atom. The molecule has 0 bridgehead atoms. The molecule has 0 spiro atoms. The fourth-order valence-corrected chi connectivity index (χ4v) is 3.64. The van der Waals surface area contributed by atoms with E-state index in [1.165, 1.54) is 18.2 Å². The second-order valence-electron chi connectivity index (χ2n) is 5.94. The zero-order valence-electron chi connectivity index (χ0n) is 13.3. The van der Waals surface area contributed by atoms with Crippen molar-refractivity contribution < 1.29 is 17.6 Å². The third-order valence-electron chi connectivity index (χ3n) is 4.43. The Morgan fingerprint density at radius 2 is 1.75 bits per heavy atom. The molecule has 4 nitrogen and oxygen atoms in total. The zero-order valence-corrected chi connectivity index (χ0v) is 14.1. The molecule has 0 aromatic heterocycles. The SMILES string of the molecule is CCS(=O)(=O)c1ccc(NC(=O)C2(c3ccccc3F)CC2)cc1. The van der Waals surface area contributed by atoms with Gasteiger partial charge in [0.2, 0.25) is 5.91 Å². The molecule has 1 aliphatic rings. The van der Waals surface area contributed by atoms with E-state index in [4.69, 9.17) is 0 Å². The molecule has 0 radical (unpaired) electrons. The molecule has 2 aromatic carbocycles. The van der Waals surface area contributed by atoms with Crippen LogP contribution in [0.15, 0.2) is 53.4 Å². The topological polar surface area (TPSA) is 63.2 Å². The Bertz CT molecular complexity index is 871. The average molecular weight is 347 g/mol. The summed E-state index contributed by atoms with van der Waals surface area (Å²) in [4.78, 5) is 12.8. The third kappa shape index (κ3) is 2.94. The molecule has 0 heterocycles. The molecule has 1 N–H and O–H groups in total. The minimum atomic E-state index is -3.27. The number of sulfone groups is 1. The maximum atomic E-state index is 14.0. The van der Waals surface area contributed by atoms with E-state index in [1.807, 2.05) is 0 Å². The van der Waals surface area contributed by atoms with Gasteiger partial charge in [0.15, 0.2) is 9.84 Å². The predicted octanol–water partition coefficient (Wildman–Crippen LogP) is 3.29. The van der Waals surface area contributed by atoms with Gasteiger partial charge in [-0.25, -0.2) is 12.8 Å². The predicted molar refractivity (Wildman–Crippen MR) is 90.1 cm³/mol. The highest BCUT2D eigenvalue weighted by atomic mass is 32.2. The van der Waals surface area contributed by atoms with Crippen LogP contribution in [0.25, 0.3) is 0 Å². The van der Waals surface area contributed by atoms with Gasteiger partial charge in [-0.15, -0.1) is 0 Å². The summed E-state index contributed by atoms with van der Waals surface area (Å²) in [6.07, 6.45) is 1.20. The molecule has 2 aromatic rings. The Kier molecular flexibility index (Phi) is 4.17. The van der Waals surface area contributed by atoms with Gasteiger partial charge in [0.25, 0.3) is 0 Å². The van der Waals surface area contributed by atoms with Crippen molar-refractivity contribution in [2.45, 2.75) is 30.1 Å². The first-order valence-corrected chi connectivity index (χ1v) is 9.43. The molecular weight excluding hydrogens is 329 g/mol. The second-order valence-corrected chi connectivity index (χ2v) is 8.22. The number of halogens is 1. The van der Waals surface area contributed by atoms with Gasteiger partial charge in [0.05, 0.1) is 16.1 Å². The van der Waals surface area contributed by atoms with Crippen LogP contribution in [-0.2, 0) is 20.0 Å². The van der Waals surface area contributed by atoms with Crippen LogP contribution in [0.3, 0.4) is 0 Å². The van der Waals surface area contributed by atoms with Crippen LogP contribution in [-0.4, -0.2) is 20.1 Å². The van der Waals surface area contributed by atoms with Gasteiger partial charge in [0.1, 0.15) is 5.82 Å². The summed E-state index contributed by atoms with van der Waals surface area (Å²) in [7, 11) is -3.27. The quantitative estimate of drug-likeness (QED) is 0.903. The number of hydrogen-bond donors (Lipinski definition) is 1. The lowest BCUT2D eigenvalue weighted by molar-refractivity contribution is -0.118. The number of rotatable bonds is 5. The summed E-state index contributed by atoms with van der Waals surface area (Å²) in [5.41, 5.74) is 0.0878. The minimum absolute atomic E-state index is 0.0229. The monoisotopic (exact) mass is 347 g/mol. The normalized spacial score (nSPS) is 15.8. The molecule has 3 rings (SSSR count). The van der Waals surface area contributed by atoms with E-state index in [-0.39, 0.29) is 22.4 Å². The van der Waals surface area contributed by atoms with E-state index >= 15 is 0 Å². The van der Waals surface area contributed by atoms with Crippen LogP contribution in [0.4, 0.5) is 10.1 Å². The molecule has 0 atom stereocenters. The lowest BCUT2D eigenvalue weighted by Gasteiger charge is -2.16. The van der Waals surface area contributed by atoms with Crippen molar-refractivity contribution in [3.63, 3.8) is 0 Å². The van der Waals surface area contributed by atoms with E-state index in [0.717, 1.165) is 0 Å². The van der Waals surface area contributed by atoms with Gasteiger partial charge < -0.3 is 5.32 Å². The summed E-state index contributed by atoms with van der Waals surface area (Å²) >= 11 is 0. The van der Waals surface area contributed by atoms with E-state index < -0.39 is 15.3 Å². The summed E-state index contributed by atoms with van der Waals surface area (Å²) in [6.45, 7) is 1.58. The summed E-state index contributed by atoms with van der Waals surface area (Å²) in [5, 5.41) is 2.77. The molecule has 24 heavy (non-hydrogen) atoms. The second kappa shape index (κ2) is 6.02. The molecule has 126 valence electrons. The number of anilines is 1. The molecule has 0 aliphatic heterocycles. The first-order chi connectivity index (χ1) is 11.4. The molecule has 1 fully saturated rings. The molecule has 6 heteroatoms. The number of carbonyl (C=O) groups excluding carboxylic acids is 1. The van der Waals surface area contributed by atoms with Crippen molar-refractivity contribution in [3.8, 4) is 0 Å². The average Bonchev–Trinajstić information content (AvgIpc) is 3.37. The van der Waals surface area contributed by atoms with Crippen molar-refractivity contribution in [3.05, 3.63) is 59.9 Å². The summed E-state index contributed by atoms with van der Waals surface area (Å²) < 4.78 is 37.6. The van der Waals surface area contributed by atoms with Crippen LogP contribution >= 0.6 is 0 Å². The highest BCUT2D eigenvalue weighted by Crippen LogP contribution is 2.49. The van der Waals surface area contributed by atoms with Gasteiger partial charge in [-0.2, -0.15) is 0 Å². The molecule has 1 amide bonds. The van der Waals surface area contributed by atoms with Crippen molar-refractivity contribution in [1.29, 1.82) is 0 Å². The van der Waals surface area contributed by atoms with E-state index in [2.05, 4.69) is 5.32 Å². The largest absolute Gasteiger partial charge is 0.325 e. The smallest absolute Gasteiger partial charge is 0.235 e. The molecule has 0 saturated heterocycles. The zero-order chi connectivity index (χ0) is 17.4. The molecule has 1 saturated carbocycles. The van der Waals surface area contributed by atoms with Crippen LogP contribution in [0.2, 0.25) is 0 Å². The van der Waals surface area contributed by atoms with Gasteiger partial charge >= 0.3 is 0 Å². The van der Waals surface area contributed by atoms with Crippen LogP contribution in [0.1, 0.15) is 25.3 Å². The van der Waals surface area contributed by atoms with Gasteiger partial charge in [-0.3, -0.25) is 4.79 Å². The number of hydrogen-bond acceptors (Lipinski definition) is 3. The summed E-state index contributed by atoms with van der Waals surface area (Å²) in [5.74, 6) is -0.622. The van der Waals surface area contributed by atoms with Crippen molar-refractivity contribution in [2.24, 2.45) is 0 Å². The molecule has 0 unspecified atom stereocenters. The molecular formula is C18H18FNO3S. The number of benzene rings is 2. The lowest BCUT2D eigenvalue weighted by atomic mass is 9.94. The first kappa shape index (κ1) is 16.6. The Labute approximate surface area is 140 Å². The Hall–Kier alpha value is -2.21. The fraction of sp³-hybridized carbons (Fsp3) is 0.278. The van der Waals surface area contributed by atoms with E-state index in [0.29, 0.717) is 24.1 Å². The standard InChI is InChI=1S/C18H18FNO3S/c1-2-24(22,23)14-9-7-13(8-10-14)20-17(21)18(11-12-18)15-5-3-4-6-16(15)19/h3-10H,2,11-12H2,1H3,(H,20,21). The third-order valence-corrected chi connectivity index (χ3v) is 6.18.